The second kappa shape index (κ2) is 5.92. The van der Waals surface area contributed by atoms with Gasteiger partial charge < -0.3 is 4.74 Å². The largest absolute Gasteiger partial charge is 0.465 e. The highest BCUT2D eigenvalue weighted by molar-refractivity contribution is 7.92. The topological polar surface area (TPSA) is 85.4 Å². The molecule has 1 heterocycles. The number of methoxy groups -OCH3 is 1. The third-order valence-electron chi connectivity index (χ3n) is 2.81. The summed E-state index contributed by atoms with van der Waals surface area (Å²) in [6.07, 6.45) is 2.94. The van der Waals surface area contributed by atoms with E-state index in [0.717, 1.165) is 0 Å². The normalized spacial score (nSPS) is 11.0. The SMILES string of the molecule is COC(=O)c1ccc(C)c(S(=O)(=O)Nc2cccnc2)c1. The molecule has 2 aromatic rings. The molecule has 1 N–H and O–H groups in total. The van der Waals surface area contributed by atoms with Crippen LogP contribution in [-0.2, 0) is 14.8 Å². The molecule has 0 bridgehead atoms. The van der Waals surface area contributed by atoms with Gasteiger partial charge in [-0.2, -0.15) is 0 Å². The Kier molecular flexibility index (Phi) is 4.23. The summed E-state index contributed by atoms with van der Waals surface area (Å²) in [5.41, 5.74) is 1.05. The number of benzene rings is 1. The highest BCUT2D eigenvalue weighted by Gasteiger charge is 2.19. The first-order valence-corrected chi connectivity index (χ1v) is 7.54. The van der Waals surface area contributed by atoms with Crippen molar-refractivity contribution in [1.82, 2.24) is 4.98 Å². The molecule has 0 fully saturated rings. The van der Waals surface area contributed by atoms with Gasteiger partial charge in [0.25, 0.3) is 10.0 Å². The van der Waals surface area contributed by atoms with Gasteiger partial charge in [-0.05, 0) is 36.8 Å². The molecule has 21 heavy (non-hydrogen) atoms. The van der Waals surface area contributed by atoms with E-state index in [4.69, 9.17) is 0 Å². The molecule has 7 heteroatoms. The maximum absolute atomic E-state index is 12.4. The number of aryl methyl sites for hydroxylation is 1. The molecule has 0 saturated carbocycles. The van der Waals surface area contributed by atoms with Crippen molar-refractivity contribution in [3.63, 3.8) is 0 Å². The van der Waals surface area contributed by atoms with Gasteiger partial charge in [0.15, 0.2) is 0 Å². The Labute approximate surface area is 122 Å². The number of nitrogens with one attached hydrogen (secondary N) is 1. The van der Waals surface area contributed by atoms with Crippen molar-refractivity contribution < 1.29 is 17.9 Å². The first-order chi connectivity index (χ1) is 9.94. The molecule has 1 aromatic carbocycles. The van der Waals surface area contributed by atoms with Gasteiger partial charge in [-0.25, -0.2) is 13.2 Å². The van der Waals surface area contributed by atoms with E-state index in [1.54, 1.807) is 31.3 Å². The summed E-state index contributed by atoms with van der Waals surface area (Å²) in [5, 5.41) is 0. The molecule has 110 valence electrons. The van der Waals surface area contributed by atoms with Crippen LogP contribution in [0.15, 0.2) is 47.6 Å². The number of anilines is 1. The first-order valence-electron chi connectivity index (χ1n) is 6.06. The van der Waals surface area contributed by atoms with E-state index in [2.05, 4.69) is 14.4 Å². The zero-order chi connectivity index (χ0) is 15.5. The smallest absolute Gasteiger partial charge is 0.337 e. The molecule has 0 radical (unpaired) electrons. The molecule has 0 saturated heterocycles. The Morgan fingerprint density at radius 1 is 1.29 bits per heavy atom. The summed E-state index contributed by atoms with van der Waals surface area (Å²) < 4.78 is 31.8. The van der Waals surface area contributed by atoms with Crippen LogP contribution in [0, 0.1) is 6.92 Å². The van der Waals surface area contributed by atoms with Crippen LogP contribution in [0.2, 0.25) is 0 Å². The highest BCUT2D eigenvalue weighted by Crippen LogP contribution is 2.20. The van der Waals surface area contributed by atoms with E-state index in [9.17, 15) is 13.2 Å². The first kappa shape index (κ1) is 15.0. The number of aromatic nitrogens is 1. The number of rotatable bonds is 4. The van der Waals surface area contributed by atoms with Crippen molar-refractivity contribution in [2.45, 2.75) is 11.8 Å². The van der Waals surface area contributed by atoms with Crippen LogP contribution in [0.3, 0.4) is 0 Å². The number of hydrogen-bond donors (Lipinski definition) is 1. The Balaban J connectivity index is 2.42. The lowest BCUT2D eigenvalue weighted by Crippen LogP contribution is -2.15. The molecule has 0 unspecified atom stereocenters. The summed E-state index contributed by atoms with van der Waals surface area (Å²) in [4.78, 5) is 15.4. The highest BCUT2D eigenvalue weighted by atomic mass is 32.2. The number of sulfonamides is 1. The number of pyridine rings is 1. The van der Waals surface area contributed by atoms with Gasteiger partial charge >= 0.3 is 5.97 Å². The van der Waals surface area contributed by atoms with Gasteiger partial charge in [0, 0.05) is 6.20 Å². The van der Waals surface area contributed by atoms with Gasteiger partial charge in [0.2, 0.25) is 0 Å². The Hall–Kier alpha value is -2.41. The van der Waals surface area contributed by atoms with E-state index in [0.29, 0.717) is 11.3 Å². The van der Waals surface area contributed by atoms with Gasteiger partial charge in [0.05, 0.1) is 29.5 Å². The van der Waals surface area contributed by atoms with Gasteiger partial charge in [0.1, 0.15) is 0 Å². The number of carbonyl (C=O) groups excluding carboxylic acids is 1. The summed E-state index contributed by atoms with van der Waals surface area (Å²) in [6.45, 7) is 1.65. The van der Waals surface area contributed by atoms with E-state index in [1.165, 1.54) is 25.4 Å². The van der Waals surface area contributed by atoms with Crippen LogP contribution >= 0.6 is 0 Å². The molecule has 0 aliphatic heterocycles. The van der Waals surface area contributed by atoms with Crippen molar-refractivity contribution in [3.8, 4) is 0 Å². The predicted octanol–water partition coefficient (Wildman–Crippen LogP) is 1.98. The molecule has 0 amide bonds. The van der Waals surface area contributed by atoms with Crippen LogP contribution in [0.5, 0.6) is 0 Å². The number of esters is 1. The Bertz CT molecular complexity index is 758. The van der Waals surface area contributed by atoms with Crippen molar-refractivity contribution in [2.75, 3.05) is 11.8 Å². The van der Waals surface area contributed by atoms with Crippen LogP contribution < -0.4 is 4.72 Å². The third-order valence-corrected chi connectivity index (χ3v) is 4.34. The number of ether oxygens (including phenoxy) is 1. The standard InChI is InChI=1S/C14H14N2O4S/c1-10-5-6-11(14(17)20-2)8-13(10)21(18,19)16-12-4-3-7-15-9-12/h3-9,16H,1-2H3. The van der Waals surface area contributed by atoms with Crippen molar-refractivity contribution in [3.05, 3.63) is 53.9 Å². The lowest BCUT2D eigenvalue weighted by atomic mass is 10.1. The minimum atomic E-state index is -3.81. The van der Waals surface area contributed by atoms with Gasteiger partial charge in [-0.15, -0.1) is 0 Å². The molecule has 2 rings (SSSR count). The quantitative estimate of drug-likeness (QED) is 0.873. The zero-order valence-corrected chi connectivity index (χ0v) is 12.3. The molecule has 6 nitrogen and oxygen atoms in total. The van der Waals surface area contributed by atoms with Crippen LogP contribution in [0.4, 0.5) is 5.69 Å². The van der Waals surface area contributed by atoms with Crippen molar-refractivity contribution in [2.24, 2.45) is 0 Å². The van der Waals surface area contributed by atoms with Crippen LogP contribution in [-0.4, -0.2) is 26.5 Å². The summed E-state index contributed by atoms with van der Waals surface area (Å²) in [5.74, 6) is -0.590. The maximum Gasteiger partial charge on any atom is 0.337 e. The van der Waals surface area contributed by atoms with E-state index in [-0.39, 0.29) is 10.5 Å². The lowest BCUT2D eigenvalue weighted by Gasteiger charge is -2.11. The molecule has 0 spiro atoms. The van der Waals surface area contributed by atoms with Crippen LogP contribution in [0.25, 0.3) is 0 Å². The fourth-order valence-electron chi connectivity index (χ4n) is 1.77. The zero-order valence-electron chi connectivity index (χ0n) is 11.5. The summed E-state index contributed by atoms with van der Waals surface area (Å²) in [7, 11) is -2.57. The van der Waals surface area contributed by atoms with Crippen molar-refractivity contribution >= 4 is 21.7 Å². The molecule has 0 aliphatic carbocycles. The Morgan fingerprint density at radius 2 is 2.05 bits per heavy atom. The van der Waals surface area contributed by atoms with Gasteiger partial charge in [-0.1, -0.05) is 6.07 Å². The second-order valence-electron chi connectivity index (χ2n) is 4.32. The number of nitrogens with zero attached hydrogens (tertiary/aromatic N) is 1. The monoisotopic (exact) mass is 306 g/mol. The van der Waals surface area contributed by atoms with E-state index < -0.39 is 16.0 Å². The van der Waals surface area contributed by atoms with E-state index in [1.807, 2.05) is 0 Å². The predicted molar refractivity (Wildman–Crippen MR) is 77.6 cm³/mol. The molecular formula is C14H14N2O4S. The molecule has 0 aliphatic rings. The fourth-order valence-corrected chi connectivity index (χ4v) is 3.08. The summed E-state index contributed by atoms with van der Waals surface area (Å²) in [6, 6.07) is 7.58. The second-order valence-corrected chi connectivity index (χ2v) is 5.97. The fraction of sp³-hybridized carbons (Fsp3) is 0.143. The maximum atomic E-state index is 12.4. The van der Waals surface area contributed by atoms with Crippen molar-refractivity contribution in [1.29, 1.82) is 0 Å². The molecule has 1 aromatic heterocycles. The minimum Gasteiger partial charge on any atom is -0.465 e. The minimum absolute atomic E-state index is 0.0225. The Morgan fingerprint density at radius 3 is 2.67 bits per heavy atom. The number of hydrogen-bond acceptors (Lipinski definition) is 5. The summed E-state index contributed by atoms with van der Waals surface area (Å²) >= 11 is 0. The average molecular weight is 306 g/mol. The average Bonchev–Trinajstić information content (AvgIpc) is 2.47. The lowest BCUT2D eigenvalue weighted by molar-refractivity contribution is 0.0600. The third kappa shape index (κ3) is 3.38. The number of carbonyl (C=O) groups is 1. The van der Waals surface area contributed by atoms with Gasteiger partial charge in [-0.3, -0.25) is 9.71 Å². The molecule has 0 atom stereocenters. The molecular weight excluding hydrogens is 292 g/mol. The van der Waals surface area contributed by atoms with E-state index >= 15 is 0 Å². The van der Waals surface area contributed by atoms with Crippen LogP contribution in [0.1, 0.15) is 15.9 Å².